The Morgan fingerprint density at radius 1 is 0.833 bits per heavy atom. The van der Waals surface area contributed by atoms with Gasteiger partial charge >= 0.3 is 0 Å². The average molecular weight is 241 g/mol. The van der Waals surface area contributed by atoms with Crippen LogP contribution in [-0.2, 0) is 0 Å². The first-order chi connectivity index (χ1) is 8.70. The van der Waals surface area contributed by atoms with Crippen molar-refractivity contribution in [3.63, 3.8) is 0 Å². The van der Waals surface area contributed by atoms with Gasteiger partial charge < -0.3 is 10.8 Å². The molecule has 2 nitrogen and oxygen atoms in total. The number of aliphatic hydroxyl groups is 1. The molecule has 2 aromatic rings. The Kier molecular flexibility index (Phi) is 4.13. The molecule has 0 aromatic heterocycles. The van der Waals surface area contributed by atoms with Crippen molar-refractivity contribution in [1.29, 1.82) is 0 Å². The van der Waals surface area contributed by atoms with Crippen LogP contribution in [0.25, 0.3) is 0 Å². The van der Waals surface area contributed by atoms with Gasteiger partial charge in [-0.2, -0.15) is 0 Å². The SMILES string of the molecule is C[C@@H]([C@H](N)c1ccccc1)[C@H](O)c1ccccc1. The van der Waals surface area contributed by atoms with Crippen LogP contribution >= 0.6 is 0 Å². The van der Waals surface area contributed by atoms with Crippen LogP contribution in [0, 0.1) is 5.92 Å². The lowest BCUT2D eigenvalue weighted by Crippen LogP contribution is -2.24. The van der Waals surface area contributed by atoms with Gasteiger partial charge in [0.15, 0.2) is 0 Å². The van der Waals surface area contributed by atoms with Crippen LogP contribution in [-0.4, -0.2) is 5.11 Å². The van der Waals surface area contributed by atoms with Crippen molar-refractivity contribution in [2.75, 3.05) is 0 Å². The van der Waals surface area contributed by atoms with E-state index < -0.39 is 6.10 Å². The molecule has 0 radical (unpaired) electrons. The lowest BCUT2D eigenvalue weighted by atomic mass is 9.87. The van der Waals surface area contributed by atoms with Crippen molar-refractivity contribution in [3.05, 3.63) is 71.8 Å². The second kappa shape index (κ2) is 5.80. The van der Waals surface area contributed by atoms with Crippen LogP contribution in [0.3, 0.4) is 0 Å². The van der Waals surface area contributed by atoms with E-state index in [0.29, 0.717) is 0 Å². The van der Waals surface area contributed by atoms with E-state index in [4.69, 9.17) is 5.73 Å². The Balaban J connectivity index is 2.14. The maximum absolute atomic E-state index is 10.3. The maximum Gasteiger partial charge on any atom is 0.0833 e. The molecule has 0 aliphatic rings. The summed E-state index contributed by atoms with van der Waals surface area (Å²) in [5, 5.41) is 10.3. The first-order valence-corrected chi connectivity index (χ1v) is 6.23. The van der Waals surface area contributed by atoms with E-state index in [2.05, 4.69) is 0 Å². The molecule has 0 aliphatic carbocycles. The molecule has 2 heteroatoms. The molecule has 94 valence electrons. The van der Waals surface area contributed by atoms with E-state index in [1.165, 1.54) is 0 Å². The molecule has 0 spiro atoms. The summed E-state index contributed by atoms with van der Waals surface area (Å²) in [6.45, 7) is 1.98. The fourth-order valence-electron chi connectivity index (χ4n) is 2.13. The number of aliphatic hydroxyl groups excluding tert-OH is 1. The van der Waals surface area contributed by atoms with E-state index in [0.717, 1.165) is 11.1 Å². The van der Waals surface area contributed by atoms with E-state index in [-0.39, 0.29) is 12.0 Å². The second-order valence-electron chi connectivity index (χ2n) is 4.65. The van der Waals surface area contributed by atoms with Crippen LogP contribution in [0.15, 0.2) is 60.7 Å². The van der Waals surface area contributed by atoms with Gasteiger partial charge in [-0.05, 0) is 11.1 Å². The van der Waals surface area contributed by atoms with Gasteiger partial charge in [0.05, 0.1) is 6.10 Å². The molecule has 2 aromatic carbocycles. The third kappa shape index (κ3) is 2.78. The number of benzene rings is 2. The zero-order valence-corrected chi connectivity index (χ0v) is 10.5. The Hall–Kier alpha value is -1.64. The summed E-state index contributed by atoms with van der Waals surface area (Å²) in [5.41, 5.74) is 8.19. The Bertz CT molecular complexity index is 423. The van der Waals surface area contributed by atoms with Gasteiger partial charge in [0.2, 0.25) is 0 Å². The number of hydrogen-bond donors (Lipinski definition) is 2. The quantitative estimate of drug-likeness (QED) is 0.864. The fourth-order valence-corrected chi connectivity index (χ4v) is 2.13. The molecular formula is C16H19NO. The molecule has 0 unspecified atom stereocenters. The predicted molar refractivity (Wildman–Crippen MR) is 73.9 cm³/mol. The molecule has 0 aliphatic heterocycles. The summed E-state index contributed by atoms with van der Waals surface area (Å²) in [4.78, 5) is 0. The summed E-state index contributed by atoms with van der Waals surface area (Å²) < 4.78 is 0. The summed E-state index contributed by atoms with van der Waals surface area (Å²) >= 11 is 0. The van der Waals surface area contributed by atoms with Gasteiger partial charge in [-0.1, -0.05) is 67.6 Å². The predicted octanol–water partition coefficient (Wildman–Crippen LogP) is 3.06. The lowest BCUT2D eigenvalue weighted by Gasteiger charge is -2.25. The highest BCUT2D eigenvalue weighted by molar-refractivity contribution is 5.22. The summed E-state index contributed by atoms with van der Waals surface area (Å²) in [6.07, 6.45) is -0.540. The molecule has 18 heavy (non-hydrogen) atoms. The van der Waals surface area contributed by atoms with Gasteiger partial charge in [0.1, 0.15) is 0 Å². The third-order valence-corrected chi connectivity index (χ3v) is 3.39. The van der Waals surface area contributed by atoms with Crippen molar-refractivity contribution in [1.82, 2.24) is 0 Å². The van der Waals surface area contributed by atoms with Crippen LogP contribution in [0.5, 0.6) is 0 Å². The average Bonchev–Trinajstić information content (AvgIpc) is 2.47. The lowest BCUT2D eigenvalue weighted by molar-refractivity contribution is 0.103. The first kappa shape index (κ1) is 12.8. The smallest absolute Gasteiger partial charge is 0.0833 e. The normalized spacial score (nSPS) is 15.9. The third-order valence-electron chi connectivity index (χ3n) is 3.39. The van der Waals surface area contributed by atoms with Gasteiger partial charge in [0, 0.05) is 12.0 Å². The molecule has 0 bridgehead atoms. The molecule has 3 N–H and O–H groups in total. The van der Waals surface area contributed by atoms with E-state index in [1.807, 2.05) is 67.6 Å². The Labute approximate surface area is 108 Å². The summed E-state index contributed by atoms with van der Waals surface area (Å²) in [5.74, 6) is -0.0326. The van der Waals surface area contributed by atoms with Crippen molar-refractivity contribution in [2.24, 2.45) is 11.7 Å². The minimum absolute atomic E-state index is 0.0326. The van der Waals surface area contributed by atoms with Crippen LogP contribution in [0.2, 0.25) is 0 Å². The highest BCUT2D eigenvalue weighted by atomic mass is 16.3. The molecule has 2 rings (SSSR count). The minimum atomic E-state index is -0.540. The van der Waals surface area contributed by atoms with Crippen molar-refractivity contribution >= 4 is 0 Å². The maximum atomic E-state index is 10.3. The molecule has 0 saturated carbocycles. The van der Waals surface area contributed by atoms with E-state index >= 15 is 0 Å². The summed E-state index contributed by atoms with van der Waals surface area (Å²) in [6, 6.07) is 19.4. The van der Waals surface area contributed by atoms with E-state index in [9.17, 15) is 5.11 Å². The molecule has 0 fully saturated rings. The number of rotatable bonds is 4. The van der Waals surface area contributed by atoms with Crippen LogP contribution in [0.1, 0.15) is 30.2 Å². The zero-order valence-electron chi connectivity index (χ0n) is 10.5. The molecule has 0 heterocycles. The highest BCUT2D eigenvalue weighted by Gasteiger charge is 2.23. The van der Waals surface area contributed by atoms with Crippen LogP contribution < -0.4 is 5.73 Å². The minimum Gasteiger partial charge on any atom is -0.388 e. The van der Waals surface area contributed by atoms with E-state index in [1.54, 1.807) is 0 Å². The highest BCUT2D eigenvalue weighted by Crippen LogP contribution is 2.30. The fraction of sp³-hybridized carbons (Fsp3) is 0.250. The van der Waals surface area contributed by atoms with Crippen LogP contribution in [0.4, 0.5) is 0 Å². The van der Waals surface area contributed by atoms with Crippen molar-refractivity contribution < 1.29 is 5.11 Å². The van der Waals surface area contributed by atoms with Gasteiger partial charge in [0.25, 0.3) is 0 Å². The largest absolute Gasteiger partial charge is 0.388 e. The molecule has 0 amide bonds. The zero-order chi connectivity index (χ0) is 13.0. The number of nitrogens with two attached hydrogens (primary N) is 1. The first-order valence-electron chi connectivity index (χ1n) is 6.23. The monoisotopic (exact) mass is 241 g/mol. The van der Waals surface area contributed by atoms with Gasteiger partial charge in [-0.15, -0.1) is 0 Å². The van der Waals surface area contributed by atoms with Crippen molar-refractivity contribution in [3.8, 4) is 0 Å². The second-order valence-corrected chi connectivity index (χ2v) is 4.65. The molecule has 3 atom stereocenters. The van der Waals surface area contributed by atoms with Crippen molar-refractivity contribution in [2.45, 2.75) is 19.1 Å². The topological polar surface area (TPSA) is 46.2 Å². The van der Waals surface area contributed by atoms with Gasteiger partial charge in [-0.25, -0.2) is 0 Å². The van der Waals surface area contributed by atoms with Gasteiger partial charge in [-0.3, -0.25) is 0 Å². The summed E-state index contributed by atoms with van der Waals surface area (Å²) in [7, 11) is 0. The Morgan fingerprint density at radius 2 is 1.28 bits per heavy atom. The number of hydrogen-bond acceptors (Lipinski definition) is 2. The standard InChI is InChI=1S/C16H19NO/c1-12(15(17)13-8-4-2-5-9-13)16(18)14-10-6-3-7-11-14/h2-12,15-16,18H,17H2,1H3/t12-,15-,16-/m0/s1. The molecule has 0 saturated heterocycles. The Morgan fingerprint density at radius 3 is 1.78 bits per heavy atom. The molecular weight excluding hydrogens is 222 g/mol.